The number of halogens is 1. The second-order valence-electron chi connectivity index (χ2n) is 11.3. The molecule has 1 saturated heterocycles. The number of carbonyl (C=O) groups is 4. The standard InChI is InChI=1S/C13H17BO4.C13H11N3O4.C6H6BrN3O2/c1-12(2)13(3,4)18-14(17-12)10-7-5-6-9(8-10)11(15)16;1-20-13(19)10-11(14)15-6-9(16-10)7-3-2-4-8(5-7)12(17)18;1-12-6(11)4-5(8)9-2-3(7)10-4/h5-8H,1-4H3,(H,15,16);2-6H,1H3,(H2,14,15)(H,17,18);2H,1H3,(H2,8,9). The first-order chi connectivity index (χ1) is 23.4. The second kappa shape index (κ2) is 16.3. The van der Waals surface area contributed by atoms with Crippen molar-refractivity contribution in [1.29, 1.82) is 0 Å². The maximum Gasteiger partial charge on any atom is 0.494 e. The summed E-state index contributed by atoms with van der Waals surface area (Å²) in [4.78, 5) is 59.8. The van der Waals surface area contributed by atoms with Gasteiger partial charge < -0.3 is 40.5 Å². The maximum absolute atomic E-state index is 11.5. The van der Waals surface area contributed by atoms with Gasteiger partial charge in [-0.25, -0.2) is 39.1 Å². The van der Waals surface area contributed by atoms with Gasteiger partial charge in [-0.1, -0.05) is 24.3 Å². The first-order valence-electron chi connectivity index (χ1n) is 14.5. The van der Waals surface area contributed by atoms with Crippen LogP contribution in [-0.4, -0.2) is 86.6 Å². The zero-order valence-electron chi connectivity index (χ0n) is 27.8. The molecule has 1 aliphatic heterocycles. The quantitative estimate of drug-likeness (QED) is 0.162. The van der Waals surface area contributed by atoms with Crippen LogP contribution in [-0.2, 0) is 18.8 Å². The Bertz CT molecular complexity index is 1890. The number of carboxylic acid groups (broad SMARTS) is 2. The third-order valence-electron chi connectivity index (χ3n) is 7.39. The monoisotopic (exact) mass is 752 g/mol. The second-order valence-corrected chi connectivity index (χ2v) is 12.1. The molecule has 0 saturated carbocycles. The van der Waals surface area contributed by atoms with E-state index in [0.717, 1.165) is 5.46 Å². The summed E-state index contributed by atoms with van der Waals surface area (Å²) in [5, 5.41) is 17.9. The summed E-state index contributed by atoms with van der Waals surface area (Å²) in [5.41, 5.74) is 11.9. The number of hydrogen-bond acceptors (Lipinski definition) is 14. The van der Waals surface area contributed by atoms with Crippen molar-refractivity contribution in [3.63, 3.8) is 0 Å². The number of rotatable bonds is 6. The number of esters is 2. The molecule has 0 spiro atoms. The number of nitrogen functional groups attached to an aromatic ring is 2. The van der Waals surface area contributed by atoms with Crippen LogP contribution in [0.1, 0.15) is 69.4 Å². The van der Waals surface area contributed by atoms with Crippen LogP contribution in [0, 0.1) is 0 Å². The largest absolute Gasteiger partial charge is 0.494 e. The number of ether oxygens (including phenoxy) is 2. The van der Waals surface area contributed by atoms with E-state index in [1.165, 1.54) is 38.7 Å². The molecule has 3 heterocycles. The molecule has 18 heteroatoms. The SMILES string of the molecule is CC1(C)OB(c2cccc(C(=O)O)c2)OC1(C)C.COC(=O)c1nc(-c2cccc(C(=O)O)c2)cnc1N.COC(=O)c1nc(Br)cnc1N. The van der Waals surface area contributed by atoms with Gasteiger partial charge in [-0.2, -0.15) is 0 Å². The first kappa shape index (κ1) is 39.0. The topological polar surface area (TPSA) is 249 Å². The van der Waals surface area contributed by atoms with Crippen molar-refractivity contribution in [2.75, 3.05) is 25.7 Å². The van der Waals surface area contributed by atoms with E-state index in [-0.39, 0.29) is 34.2 Å². The van der Waals surface area contributed by atoms with Crippen molar-refractivity contribution in [1.82, 2.24) is 19.9 Å². The van der Waals surface area contributed by atoms with Gasteiger partial charge in [-0.05, 0) is 73.4 Å². The van der Waals surface area contributed by atoms with Gasteiger partial charge in [0.15, 0.2) is 23.0 Å². The molecule has 16 nitrogen and oxygen atoms in total. The van der Waals surface area contributed by atoms with Crippen LogP contribution in [0.2, 0.25) is 0 Å². The number of aromatic nitrogens is 4. The van der Waals surface area contributed by atoms with E-state index >= 15 is 0 Å². The van der Waals surface area contributed by atoms with Gasteiger partial charge in [-0.15, -0.1) is 0 Å². The molecule has 4 aromatic rings. The molecule has 50 heavy (non-hydrogen) atoms. The average Bonchev–Trinajstić information content (AvgIpc) is 3.31. The number of aromatic carboxylic acids is 2. The van der Waals surface area contributed by atoms with E-state index in [4.69, 9.17) is 31.0 Å². The molecule has 262 valence electrons. The van der Waals surface area contributed by atoms with Crippen molar-refractivity contribution in [3.05, 3.63) is 88.0 Å². The van der Waals surface area contributed by atoms with Crippen LogP contribution in [0.5, 0.6) is 0 Å². The highest BCUT2D eigenvalue weighted by Crippen LogP contribution is 2.36. The van der Waals surface area contributed by atoms with Gasteiger partial charge in [0.2, 0.25) is 0 Å². The minimum Gasteiger partial charge on any atom is -0.478 e. The minimum atomic E-state index is -1.05. The Hall–Kier alpha value is -5.46. The number of methoxy groups -OCH3 is 2. The summed E-state index contributed by atoms with van der Waals surface area (Å²) in [6.07, 6.45) is 2.77. The van der Waals surface area contributed by atoms with Gasteiger partial charge in [0.05, 0.1) is 54.6 Å². The van der Waals surface area contributed by atoms with Crippen LogP contribution >= 0.6 is 15.9 Å². The Labute approximate surface area is 295 Å². The summed E-state index contributed by atoms with van der Waals surface area (Å²) in [6.45, 7) is 7.87. The van der Waals surface area contributed by atoms with E-state index in [1.54, 1.807) is 30.3 Å². The van der Waals surface area contributed by atoms with E-state index < -0.39 is 42.2 Å². The third-order valence-corrected chi connectivity index (χ3v) is 7.78. The lowest BCUT2D eigenvalue weighted by atomic mass is 9.78. The first-order valence-corrected chi connectivity index (χ1v) is 15.3. The molecule has 0 radical (unpaired) electrons. The summed E-state index contributed by atoms with van der Waals surface area (Å²) in [7, 11) is 1.94. The molecule has 1 aliphatic rings. The van der Waals surface area contributed by atoms with Crippen molar-refractivity contribution in [3.8, 4) is 11.3 Å². The lowest BCUT2D eigenvalue weighted by molar-refractivity contribution is 0.00578. The Morgan fingerprint density at radius 2 is 1.24 bits per heavy atom. The highest BCUT2D eigenvalue weighted by Gasteiger charge is 2.51. The Morgan fingerprint density at radius 3 is 1.76 bits per heavy atom. The molecule has 0 atom stereocenters. The average molecular weight is 753 g/mol. The molecular weight excluding hydrogens is 719 g/mol. The molecule has 5 rings (SSSR count). The fourth-order valence-electron chi connectivity index (χ4n) is 4.02. The highest BCUT2D eigenvalue weighted by molar-refractivity contribution is 9.10. The van der Waals surface area contributed by atoms with Crippen molar-refractivity contribution in [2.45, 2.75) is 38.9 Å². The third kappa shape index (κ3) is 9.58. The minimum absolute atomic E-state index is 0.0203. The number of nitrogens with zero attached hydrogens (tertiary/aromatic N) is 4. The molecule has 0 aliphatic carbocycles. The summed E-state index contributed by atoms with van der Waals surface area (Å²) in [5.74, 6) is -3.29. The van der Waals surface area contributed by atoms with Crippen LogP contribution in [0.25, 0.3) is 11.3 Å². The van der Waals surface area contributed by atoms with Crippen molar-refractivity contribution < 1.29 is 48.2 Å². The summed E-state index contributed by atoms with van der Waals surface area (Å²) >= 11 is 3.06. The van der Waals surface area contributed by atoms with Crippen LogP contribution < -0.4 is 16.9 Å². The summed E-state index contributed by atoms with van der Waals surface area (Å²) in [6, 6.07) is 12.8. The normalized spacial score (nSPS) is 13.9. The van der Waals surface area contributed by atoms with Gasteiger partial charge in [0.1, 0.15) is 4.60 Å². The Kier molecular flexibility index (Phi) is 12.7. The number of carbonyl (C=O) groups excluding carboxylic acids is 2. The van der Waals surface area contributed by atoms with E-state index in [9.17, 15) is 19.2 Å². The van der Waals surface area contributed by atoms with Gasteiger partial charge in [0.25, 0.3) is 0 Å². The van der Waals surface area contributed by atoms with Crippen molar-refractivity contribution in [2.24, 2.45) is 0 Å². The smallest absolute Gasteiger partial charge is 0.478 e. The Morgan fingerprint density at radius 1 is 0.760 bits per heavy atom. The predicted molar refractivity (Wildman–Crippen MR) is 185 cm³/mol. The van der Waals surface area contributed by atoms with E-state index in [0.29, 0.717) is 15.9 Å². The van der Waals surface area contributed by atoms with Crippen LogP contribution in [0.15, 0.2) is 65.5 Å². The van der Waals surface area contributed by atoms with Crippen molar-refractivity contribution >= 4 is 64.0 Å². The maximum atomic E-state index is 11.5. The molecule has 0 amide bonds. The zero-order chi connectivity index (χ0) is 37.4. The predicted octanol–water partition coefficient (Wildman–Crippen LogP) is 3.50. The highest BCUT2D eigenvalue weighted by atomic mass is 79.9. The van der Waals surface area contributed by atoms with Crippen LogP contribution in [0.4, 0.5) is 11.6 Å². The van der Waals surface area contributed by atoms with E-state index in [1.807, 2.05) is 33.8 Å². The number of hydrogen-bond donors (Lipinski definition) is 4. The number of anilines is 2. The van der Waals surface area contributed by atoms with Gasteiger partial charge in [-0.3, -0.25) is 0 Å². The fourth-order valence-corrected chi connectivity index (χ4v) is 4.30. The van der Waals surface area contributed by atoms with Gasteiger partial charge in [0, 0.05) is 5.56 Å². The molecular formula is C32H34BBrN6O10. The molecule has 0 bridgehead atoms. The van der Waals surface area contributed by atoms with Crippen LogP contribution in [0.3, 0.4) is 0 Å². The molecule has 0 unspecified atom stereocenters. The number of carboxylic acids is 2. The molecule has 2 aromatic heterocycles. The molecule has 1 fully saturated rings. The zero-order valence-corrected chi connectivity index (χ0v) is 29.4. The van der Waals surface area contributed by atoms with E-state index in [2.05, 4.69) is 45.3 Å². The number of nitrogens with two attached hydrogens (primary N) is 2. The molecule has 6 N–H and O–H groups in total. The number of benzene rings is 2. The fraction of sp³-hybridized carbons (Fsp3) is 0.250. The lowest BCUT2D eigenvalue weighted by Gasteiger charge is -2.32. The Balaban J connectivity index is 0.000000209. The molecule has 2 aromatic carbocycles. The summed E-state index contributed by atoms with van der Waals surface area (Å²) < 4.78 is 21.2. The lowest BCUT2D eigenvalue weighted by Crippen LogP contribution is -2.41. The van der Waals surface area contributed by atoms with Gasteiger partial charge >= 0.3 is 31.0 Å².